The maximum absolute atomic E-state index is 12.1. The highest BCUT2D eigenvalue weighted by molar-refractivity contribution is 7.89. The van der Waals surface area contributed by atoms with Crippen LogP contribution in [-0.2, 0) is 19.6 Å². The number of ketones is 1. The Bertz CT molecular complexity index is 754. The van der Waals surface area contributed by atoms with Gasteiger partial charge in [0.1, 0.15) is 0 Å². The number of rotatable bonds is 5. The topological polar surface area (TPSA) is 101 Å². The summed E-state index contributed by atoms with van der Waals surface area (Å²) in [5, 5.41) is 0. The van der Waals surface area contributed by atoms with Crippen molar-refractivity contribution in [2.45, 2.75) is 31.6 Å². The Hall–Kier alpha value is -2.06. The van der Waals surface area contributed by atoms with E-state index in [2.05, 4.69) is 4.72 Å². The first kappa shape index (κ1) is 16.3. The number of benzene rings is 1. The van der Waals surface area contributed by atoms with Gasteiger partial charge >= 0.3 is 5.91 Å². The first-order valence-electron chi connectivity index (χ1n) is 6.82. The Morgan fingerprint density at radius 3 is 2.55 bits per heavy atom. The minimum Gasteiger partial charge on any atom is -0.283 e. The number of Topliss-reactive ketones (excluding diaryl/α,β-unsaturated/α-hetero) is 1. The van der Waals surface area contributed by atoms with Crippen molar-refractivity contribution in [2.75, 3.05) is 11.4 Å². The Morgan fingerprint density at radius 1 is 1.27 bits per heavy atom. The largest absolute Gasteiger partial charge is 0.306 e. The van der Waals surface area contributed by atoms with E-state index in [1.807, 2.05) is 6.92 Å². The summed E-state index contributed by atoms with van der Waals surface area (Å²) in [6.07, 6.45) is 1.53. The summed E-state index contributed by atoms with van der Waals surface area (Å²) < 4.78 is 26.7. The number of nitrogens with one attached hydrogen (secondary N) is 1. The van der Waals surface area contributed by atoms with Crippen molar-refractivity contribution >= 4 is 33.3 Å². The zero-order valence-corrected chi connectivity index (χ0v) is 13.1. The molecule has 2 amide bonds. The van der Waals surface area contributed by atoms with E-state index >= 15 is 0 Å². The van der Waals surface area contributed by atoms with Gasteiger partial charge in [-0.15, -0.1) is 0 Å². The summed E-state index contributed by atoms with van der Waals surface area (Å²) in [4.78, 5) is 35.7. The molecule has 0 aromatic heterocycles. The molecule has 0 saturated carbocycles. The number of nitrogens with zero attached hydrogens (tertiary/aromatic N) is 1. The average Bonchev–Trinajstić information content (AvgIpc) is 2.71. The third kappa shape index (κ3) is 2.79. The molecule has 0 fully saturated rings. The highest BCUT2D eigenvalue weighted by Crippen LogP contribution is 2.31. The molecular formula is C14H16N2O5S. The lowest BCUT2D eigenvalue weighted by Gasteiger charge is -2.12. The fraction of sp³-hybridized carbons (Fsp3) is 0.357. The summed E-state index contributed by atoms with van der Waals surface area (Å²) in [5.74, 6) is -2.43. The predicted octanol–water partition coefficient (Wildman–Crippen LogP) is 0.841. The normalized spacial score (nSPS) is 14.4. The molecule has 0 bridgehead atoms. The molecule has 1 aromatic rings. The molecule has 1 aliphatic heterocycles. The van der Waals surface area contributed by atoms with Crippen LogP contribution in [0.3, 0.4) is 0 Å². The van der Waals surface area contributed by atoms with E-state index in [9.17, 15) is 22.8 Å². The number of sulfonamides is 1. The van der Waals surface area contributed by atoms with Crippen LogP contribution in [0.2, 0.25) is 0 Å². The van der Waals surface area contributed by atoms with Gasteiger partial charge in [0.05, 0.1) is 16.1 Å². The number of unbranched alkanes of at least 4 members (excludes halogenated alkanes) is 1. The van der Waals surface area contributed by atoms with Crippen LogP contribution in [0.4, 0.5) is 5.69 Å². The van der Waals surface area contributed by atoms with Crippen molar-refractivity contribution < 1.29 is 22.8 Å². The smallest absolute Gasteiger partial charge is 0.283 e. The minimum atomic E-state index is -3.75. The maximum atomic E-state index is 12.1. The standard InChI is InChI=1S/C14H16N2O5S/c1-3-4-7-15-22(20,21)10-5-6-12-11(8-10)13(18)14(19)16(12)9(2)17/h5-6,8,15H,3-4,7H2,1-2H3. The molecule has 1 aromatic carbocycles. The molecule has 8 heteroatoms. The van der Waals surface area contributed by atoms with Gasteiger partial charge < -0.3 is 0 Å². The van der Waals surface area contributed by atoms with Crippen LogP contribution >= 0.6 is 0 Å². The Labute approximate surface area is 128 Å². The van der Waals surface area contributed by atoms with Gasteiger partial charge in [0, 0.05) is 13.5 Å². The molecule has 1 N–H and O–H groups in total. The minimum absolute atomic E-state index is 0.0708. The van der Waals surface area contributed by atoms with Crippen LogP contribution in [0.1, 0.15) is 37.0 Å². The Kier molecular flexibility index (Phi) is 4.43. The highest BCUT2D eigenvalue weighted by Gasteiger charge is 2.39. The molecule has 0 spiro atoms. The Balaban J connectivity index is 2.40. The van der Waals surface area contributed by atoms with Crippen LogP contribution in [0, 0.1) is 0 Å². The van der Waals surface area contributed by atoms with Gasteiger partial charge in [-0.1, -0.05) is 13.3 Å². The van der Waals surface area contributed by atoms with E-state index in [0.717, 1.165) is 24.3 Å². The predicted molar refractivity (Wildman–Crippen MR) is 79.0 cm³/mol. The molecular weight excluding hydrogens is 308 g/mol. The van der Waals surface area contributed by atoms with E-state index in [0.29, 0.717) is 13.0 Å². The van der Waals surface area contributed by atoms with E-state index in [1.165, 1.54) is 12.1 Å². The third-order valence-corrected chi connectivity index (χ3v) is 4.76. The third-order valence-electron chi connectivity index (χ3n) is 3.30. The van der Waals surface area contributed by atoms with Crippen LogP contribution in [0.15, 0.2) is 23.1 Å². The second-order valence-corrected chi connectivity index (χ2v) is 6.69. The quantitative estimate of drug-likeness (QED) is 0.639. The lowest BCUT2D eigenvalue weighted by Crippen LogP contribution is -2.33. The second-order valence-electron chi connectivity index (χ2n) is 4.92. The summed E-state index contributed by atoms with van der Waals surface area (Å²) in [5.41, 5.74) is 0.0496. The number of hydrogen-bond acceptors (Lipinski definition) is 5. The van der Waals surface area contributed by atoms with Crippen molar-refractivity contribution in [2.24, 2.45) is 0 Å². The number of anilines is 1. The summed E-state index contributed by atoms with van der Waals surface area (Å²) in [6, 6.07) is 3.70. The van der Waals surface area contributed by atoms with Crippen LogP contribution < -0.4 is 9.62 Å². The first-order chi connectivity index (χ1) is 10.3. The van der Waals surface area contributed by atoms with Crippen molar-refractivity contribution in [3.8, 4) is 0 Å². The molecule has 22 heavy (non-hydrogen) atoms. The fourth-order valence-electron chi connectivity index (χ4n) is 2.16. The van der Waals surface area contributed by atoms with Crippen LogP contribution in [0.25, 0.3) is 0 Å². The maximum Gasteiger partial charge on any atom is 0.306 e. The zero-order chi connectivity index (χ0) is 16.5. The van der Waals surface area contributed by atoms with Gasteiger partial charge in [0.15, 0.2) is 0 Å². The molecule has 1 heterocycles. The molecule has 0 radical (unpaired) electrons. The van der Waals surface area contributed by atoms with Gasteiger partial charge in [0.2, 0.25) is 15.9 Å². The number of carbonyl (C=O) groups is 3. The SMILES string of the molecule is CCCCNS(=O)(=O)c1ccc2c(c1)C(=O)C(=O)N2C(C)=O. The van der Waals surface area contributed by atoms with Gasteiger partial charge in [-0.25, -0.2) is 18.0 Å². The average molecular weight is 324 g/mol. The Morgan fingerprint density at radius 2 is 1.95 bits per heavy atom. The monoisotopic (exact) mass is 324 g/mol. The zero-order valence-electron chi connectivity index (χ0n) is 12.3. The lowest BCUT2D eigenvalue weighted by atomic mass is 10.1. The van der Waals surface area contributed by atoms with Crippen molar-refractivity contribution in [3.63, 3.8) is 0 Å². The van der Waals surface area contributed by atoms with Crippen LogP contribution in [0.5, 0.6) is 0 Å². The summed E-state index contributed by atoms with van der Waals surface area (Å²) in [6.45, 7) is 3.39. The van der Waals surface area contributed by atoms with Gasteiger partial charge in [-0.2, -0.15) is 0 Å². The van der Waals surface area contributed by atoms with E-state index in [1.54, 1.807) is 0 Å². The van der Waals surface area contributed by atoms with Gasteiger partial charge in [-0.05, 0) is 24.6 Å². The molecule has 118 valence electrons. The molecule has 2 rings (SSSR count). The highest BCUT2D eigenvalue weighted by atomic mass is 32.2. The van der Waals surface area contributed by atoms with E-state index in [4.69, 9.17) is 0 Å². The number of carbonyl (C=O) groups excluding carboxylic acids is 3. The number of amides is 2. The lowest BCUT2D eigenvalue weighted by molar-refractivity contribution is -0.122. The number of hydrogen-bond donors (Lipinski definition) is 1. The summed E-state index contributed by atoms with van der Waals surface area (Å²) >= 11 is 0. The van der Waals surface area contributed by atoms with Gasteiger partial charge in [-0.3, -0.25) is 14.4 Å². The molecule has 1 aliphatic rings. The van der Waals surface area contributed by atoms with Crippen LogP contribution in [-0.4, -0.2) is 32.6 Å². The van der Waals surface area contributed by atoms with Gasteiger partial charge in [0.25, 0.3) is 5.78 Å². The molecule has 0 unspecified atom stereocenters. The van der Waals surface area contributed by atoms with Crippen molar-refractivity contribution in [3.05, 3.63) is 23.8 Å². The van der Waals surface area contributed by atoms with Crippen molar-refractivity contribution in [1.82, 2.24) is 4.72 Å². The molecule has 7 nitrogen and oxygen atoms in total. The first-order valence-corrected chi connectivity index (χ1v) is 8.31. The molecule has 0 saturated heterocycles. The molecule has 0 atom stereocenters. The number of imide groups is 1. The molecule has 0 aliphatic carbocycles. The summed E-state index contributed by atoms with van der Waals surface area (Å²) in [7, 11) is -3.75. The fourth-order valence-corrected chi connectivity index (χ4v) is 3.26. The number of fused-ring (bicyclic) bond motifs is 1. The van der Waals surface area contributed by atoms with E-state index < -0.39 is 27.6 Å². The second kappa shape index (κ2) is 5.98. The van der Waals surface area contributed by atoms with Crippen molar-refractivity contribution in [1.29, 1.82) is 0 Å². The van der Waals surface area contributed by atoms with E-state index in [-0.39, 0.29) is 16.1 Å².